The van der Waals surface area contributed by atoms with E-state index in [2.05, 4.69) is 0 Å². The Kier molecular flexibility index (Phi) is 8.62. The van der Waals surface area contributed by atoms with E-state index in [-0.39, 0.29) is 24.4 Å². The average Bonchev–Trinajstić information content (AvgIpc) is 2.69. The van der Waals surface area contributed by atoms with Crippen LogP contribution in [0.2, 0.25) is 5.02 Å². The summed E-state index contributed by atoms with van der Waals surface area (Å²) < 4.78 is 24.8. The zero-order valence-corrected chi connectivity index (χ0v) is 18.0. The highest BCUT2D eigenvalue weighted by Crippen LogP contribution is 2.28. The summed E-state index contributed by atoms with van der Waals surface area (Å²) >= 11 is 5.98. The summed E-state index contributed by atoms with van der Waals surface area (Å²) in [4.78, 5) is 12.4. The van der Waals surface area contributed by atoms with E-state index in [0.29, 0.717) is 36.6 Å². The maximum absolute atomic E-state index is 14.1. The van der Waals surface area contributed by atoms with Crippen molar-refractivity contribution in [3.63, 3.8) is 0 Å². The number of rotatable bonds is 10. The van der Waals surface area contributed by atoms with Gasteiger partial charge < -0.3 is 15.2 Å². The molecule has 0 fully saturated rings. The molecular formula is C23H29ClFNO3. The molecule has 2 aromatic rings. The van der Waals surface area contributed by atoms with Gasteiger partial charge in [-0.05, 0) is 62.9 Å². The van der Waals surface area contributed by atoms with Crippen molar-refractivity contribution in [1.82, 2.24) is 0 Å². The van der Waals surface area contributed by atoms with Crippen LogP contribution in [0.25, 0.3) is 11.1 Å². The highest BCUT2D eigenvalue weighted by molar-refractivity contribution is 6.30. The van der Waals surface area contributed by atoms with E-state index < -0.39 is 5.41 Å². The van der Waals surface area contributed by atoms with Crippen molar-refractivity contribution in [3.05, 3.63) is 58.9 Å². The molecule has 0 bridgehead atoms. The molecule has 0 radical (unpaired) electrons. The zero-order valence-electron chi connectivity index (χ0n) is 17.2. The Labute approximate surface area is 177 Å². The van der Waals surface area contributed by atoms with Crippen molar-refractivity contribution in [1.29, 1.82) is 0 Å². The molecular weight excluding hydrogens is 393 g/mol. The molecule has 29 heavy (non-hydrogen) atoms. The lowest BCUT2D eigenvalue weighted by Crippen LogP contribution is -2.41. The summed E-state index contributed by atoms with van der Waals surface area (Å²) in [7, 11) is 0. The third-order valence-electron chi connectivity index (χ3n) is 4.80. The number of ether oxygens (including phenoxy) is 2. The van der Waals surface area contributed by atoms with E-state index >= 15 is 0 Å². The molecule has 0 heterocycles. The van der Waals surface area contributed by atoms with Crippen LogP contribution in [0.1, 0.15) is 32.8 Å². The van der Waals surface area contributed by atoms with Crippen LogP contribution in [0.4, 0.5) is 4.39 Å². The van der Waals surface area contributed by atoms with Gasteiger partial charge in [0, 0.05) is 23.2 Å². The molecule has 2 aromatic carbocycles. The lowest BCUT2D eigenvalue weighted by molar-refractivity contribution is -0.159. The molecule has 4 nitrogen and oxygen atoms in total. The van der Waals surface area contributed by atoms with Crippen LogP contribution < -0.4 is 5.73 Å². The molecule has 0 aliphatic heterocycles. The van der Waals surface area contributed by atoms with Crippen molar-refractivity contribution in [2.24, 2.45) is 11.1 Å². The van der Waals surface area contributed by atoms with Gasteiger partial charge >= 0.3 is 5.97 Å². The summed E-state index contributed by atoms with van der Waals surface area (Å²) in [6.07, 6.45) is 1.02. The first-order valence-corrected chi connectivity index (χ1v) is 10.2. The van der Waals surface area contributed by atoms with E-state index in [0.717, 1.165) is 11.1 Å². The SMILES string of the molecule is CCOCC(C)(C[C@H](N)Cc1ccc(-c2cc(Cl)ccc2F)cc1)C(=O)OCC. The predicted molar refractivity (Wildman–Crippen MR) is 114 cm³/mol. The Bertz CT molecular complexity index is 812. The number of nitrogens with two attached hydrogens (primary N) is 1. The van der Waals surface area contributed by atoms with E-state index in [9.17, 15) is 9.18 Å². The second kappa shape index (κ2) is 10.7. The fourth-order valence-corrected chi connectivity index (χ4v) is 3.50. The lowest BCUT2D eigenvalue weighted by Gasteiger charge is -2.29. The molecule has 0 spiro atoms. The van der Waals surface area contributed by atoms with Gasteiger partial charge in [-0.15, -0.1) is 0 Å². The first-order chi connectivity index (χ1) is 13.8. The Hall–Kier alpha value is -1.95. The van der Waals surface area contributed by atoms with Crippen LogP contribution >= 0.6 is 11.6 Å². The minimum atomic E-state index is -0.796. The largest absolute Gasteiger partial charge is 0.466 e. The van der Waals surface area contributed by atoms with E-state index in [1.54, 1.807) is 13.0 Å². The molecule has 2 N–H and O–H groups in total. The minimum absolute atomic E-state index is 0.251. The molecule has 2 atom stereocenters. The Balaban J connectivity index is 2.08. The van der Waals surface area contributed by atoms with Gasteiger partial charge in [-0.1, -0.05) is 35.9 Å². The van der Waals surface area contributed by atoms with Crippen LogP contribution in [0.5, 0.6) is 0 Å². The molecule has 0 saturated carbocycles. The summed E-state index contributed by atoms with van der Waals surface area (Å²) in [6, 6.07) is 11.8. The van der Waals surface area contributed by atoms with E-state index in [4.69, 9.17) is 26.8 Å². The predicted octanol–water partition coefficient (Wildman–Crippen LogP) is 5.01. The zero-order chi connectivity index (χ0) is 21.4. The van der Waals surface area contributed by atoms with Crippen molar-refractivity contribution >= 4 is 17.6 Å². The molecule has 0 aliphatic carbocycles. The Morgan fingerprint density at radius 1 is 1.17 bits per heavy atom. The number of esters is 1. The van der Waals surface area contributed by atoms with Crippen molar-refractivity contribution in [2.45, 2.75) is 39.7 Å². The fourth-order valence-electron chi connectivity index (χ4n) is 3.33. The van der Waals surface area contributed by atoms with Gasteiger partial charge in [0.05, 0.1) is 18.6 Å². The highest BCUT2D eigenvalue weighted by atomic mass is 35.5. The maximum Gasteiger partial charge on any atom is 0.314 e. The maximum atomic E-state index is 14.1. The van der Waals surface area contributed by atoms with Crippen molar-refractivity contribution in [3.8, 4) is 11.1 Å². The van der Waals surface area contributed by atoms with Gasteiger partial charge in [-0.3, -0.25) is 4.79 Å². The topological polar surface area (TPSA) is 61.5 Å². The normalized spacial score (nSPS) is 14.3. The number of benzene rings is 2. The van der Waals surface area contributed by atoms with Gasteiger partial charge in [0.15, 0.2) is 0 Å². The number of carbonyl (C=O) groups excluding carboxylic acids is 1. The molecule has 0 saturated heterocycles. The van der Waals surface area contributed by atoms with Crippen LogP contribution in [-0.4, -0.2) is 31.8 Å². The molecule has 2 rings (SSSR count). The molecule has 0 aromatic heterocycles. The first kappa shape index (κ1) is 23.3. The van der Waals surface area contributed by atoms with Gasteiger partial charge in [0.2, 0.25) is 0 Å². The van der Waals surface area contributed by atoms with Crippen LogP contribution in [0, 0.1) is 11.2 Å². The molecule has 6 heteroatoms. The van der Waals surface area contributed by atoms with Crippen molar-refractivity contribution < 1.29 is 18.7 Å². The van der Waals surface area contributed by atoms with Gasteiger partial charge in [-0.2, -0.15) is 0 Å². The average molecular weight is 422 g/mol. The smallest absolute Gasteiger partial charge is 0.314 e. The quantitative estimate of drug-likeness (QED) is 0.547. The summed E-state index contributed by atoms with van der Waals surface area (Å²) in [5.41, 5.74) is 7.76. The number of carbonyl (C=O) groups is 1. The van der Waals surface area contributed by atoms with Gasteiger partial charge in [0.25, 0.3) is 0 Å². The molecule has 158 valence electrons. The van der Waals surface area contributed by atoms with Crippen molar-refractivity contribution in [2.75, 3.05) is 19.8 Å². The van der Waals surface area contributed by atoms with E-state index in [1.165, 1.54) is 12.1 Å². The van der Waals surface area contributed by atoms with Crippen LogP contribution in [0.3, 0.4) is 0 Å². The van der Waals surface area contributed by atoms with Crippen LogP contribution in [-0.2, 0) is 20.7 Å². The van der Waals surface area contributed by atoms with Gasteiger partial charge in [0.1, 0.15) is 5.82 Å². The van der Waals surface area contributed by atoms with E-state index in [1.807, 2.05) is 38.1 Å². The highest BCUT2D eigenvalue weighted by Gasteiger charge is 2.36. The lowest BCUT2D eigenvalue weighted by atomic mass is 9.82. The molecule has 1 unspecified atom stereocenters. The fraction of sp³-hybridized carbons (Fsp3) is 0.435. The first-order valence-electron chi connectivity index (χ1n) is 9.84. The Morgan fingerprint density at radius 3 is 2.48 bits per heavy atom. The third kappa shape index (κ3) is 6.53. The Morgan fingerprint density at radius 2 is 1.86 bits per heavy atom. The van der Waals surface area contributed by atoms with Crippen LogP contribution in [0.15, 0.2) is 42.5 Å². The molecule has 0 aliphatic rings. The van der Waals surface area contributed by atoms with Gasteiger partial charge in [-0.25, -0.2) is 4.39 Å². The second-order valence-electron chi connectivity index (χ2n) is 7.41. The standard InChI is InChI=1S/C23H29ClFNO3/c1-4-28-15-23(3,22(27)29-5-2)14-19(26)12-16-6-8-17(9-7-16)20-13-18(24)10-11-21(20)25/h6-11,13,19H,4-5,12,14-15,26H2,1-3H3/t19-,23?/m1/s1. The molecule has 0 amide bonds. The summed E-state index contributed by atoms with van der Waals surface area (Å²) in [6.45, 7) is 6.59. The summed E-state index contributed by atoms with van der Waals surface area (Å²) in [5.74, 6) is -0.615. The monoisotopic (exact) mass is 421 g/mol. The number of halogens is 2. The number of hydrogen-bond acceptors (Lipinski definition) is 4. The minimum Gasteiger partial charge on any atom is -0.466 e. The summed E-state index contributed by atoms with van der Waals surface area (Å²) in [5, 5.41) is 0.486. The number of hydrogen-bond donors (Lipinski definition) is 1. The second-order valence-corrected chi connectivity index (χ2v) is 7.84. The third-order valence-corrected chi connectivity index (χ3v) is 5.03.